The summed E-state index contributed by atoms with van der Waals surface area (Å²) >= 11 is 5.69. The Bertz CT molecular complexity index is 649. The van der Waals surface area contributed by atoms with E-state index in [1.54, 1.807) is 24.3 Å². The van der Waals surface area contributed by atoms with Crippen molar-refractivity contribution in [3.05, 3.63) is 58.9 Å². The minimum atomic E-state index is -0.401. The van der Waals surface area contributed by atoms with Crippen LogP contribution in [0.25, 0.3) is 0 Å². The first-order valence-corrected chi connectivity index (χ1v) is 6.20. The summed E-state index contributed by atoms with van der Waals surface area (Å²) in [6, 6.07) is 11.5. The molecule has 0 fully saturated rings. The molecule has 2 aromatic rings. The minimum Gasteiger partial charge on any atom is -0.457 e. The molecular weight excluding hydrogens is 265 g/mol. The molecule has 0 amide bonds. The van der Waals surface area contributed by atoms with E-state index in [2.05, 4.69) is 0 Å². The van der Waals surface area contributed by atoms with Crippen LogP contribution in [-0.4, -0.2) is 0 Å². The highest BCUT2D eigenvalue weighted by atomic mass is 35.5. The van der Waals surface area contributed by atoms with Crippen molar-refractivity contribution < 1.29 is 9.13 Å². The number of nitrogens with zero attached hydrogens (tertiary/aromatic N) is 1. The summed E-state index contributed by atoms with van der Waals surface area (Å²) < 4.78 is 19.0. The van der Waals surface area contributed by atoms with Crippen molar-refractivity contribution in [1.82, 2.24) is 0 Å². The molecule has 0 spiro atoms. The van der Waals surface area contributed by atoms with Gasteiger partial charge in [-0.2, -0.15) is 5.26 Å². The predicted molar refractivity (Wildman–Crippen MR) is 71.9 cm³/mol. The van der Waals surface area contributed by atoms with E-state index >= 15 is 0 Å². The van der Waals surface area contributed by atoms with Crippen LogP contribution in [0.1, 0.15) is 16.7 Å². The molecular formula is C15H11ClFNO. The Morgan fingerprint density at radius 1 is 1.26 bits per heavy atom. The molecule has 0 aromatic heterocycles. The lowest BCUT2D eigenvalue weighted by atomic mass is 10.1. The van der Waals surface area contributed by atoms with Gasteiger partial charge < -0.3 is 4.74 Å². The fraction of sp³-hybridized carbons (Fsp3) is 0.133. The fourth-order valence-corrected chi connectivity index (χ4v) is 1.82. The van der Waals surface area contributed by atoms with Gasteiger partial charge >= 0.3 is 0 Å². The van der Waals surface area contributed by atoms with Gasteiger partial charge in [-0.15, -0.1) is 11.6 Å². The summed E-state index contributed by atoms with van der Waals surface area (Å²) in [5, 5.41) is 8.86. The number of halogens is 2. The molecule has 0 bridgehead atoms. The van der Waals surface area contributed by atoms with Crippen molar-refractivity contribution >= 4 is 11.6 Å². The summed E-state index contributed by atoms with van der Waals surface area (Å²) in [4.78, 5) is 0. The van der Waals surface area contributed by atoms with Crippen molar-refractivity contribution in [1.29, 1.82) is 5.26 Å². The second kappa shape index (κ2) is 5.73. The second-order valence-electron chi connectivity index (χ2n) is 4.12. The summed E-state index contributed by atoms with van der Waals surface area (Å²) in [6.07, 6.45) is 0. The standard InChI is InChI=1S/C15H11ClFNO/c1-10-2-3-11(9-18)6-15(10)19-14-5-12(8-16)4-13(17)7-14/h2-7H,8H2,1H3. The van der Waals surface area contributed by atoms with Crippen LogP contribution in [0.4, 0.5) is 4.39 Å². The Morgan fingerprint density at radius 2 is 2.05 bits per heavy atom. The lowest BCUT2D eigenvalue weighted by Gasteiger charge is -2.10. The second-order valence-corrected chi connectivity index (χ2v) is 4.39. The molecule has 0 aliphatic heterocycles. The number of hydrogen-bond acceptors (Lipinski definition) is 2. The van der Waals surface area contributed by atoms with Gasteiger partial charge in [0.2, 0.25) is 0 Å². The van der Waals surface area contributed by atoms with Crippen LogP contribution in [0.15, 0.2) is 36.4 Å². The van der Waals surface area contributed by atoms with Gasteiger partial charge in [0, 0.05) is 11.9 Å². The van der Waals surface area contributed by atoms with Crippen molar-refractivity contribution in [2.75, 3.05) is 0 Å². The Morgan fingerprint density at radius 3 is 2.74 bits per heavy atom. The first kappa shape index (κ1) is 13.4. The maximum Gasteiger partial charge on any atom is 0.131 e. The number of aryl methyl sites for hydroxylation is 1. The molecule has 2 nitrogen and oxygen atoms in total. The third-order valence-corrected chi connectivity index (χ3v) is 2.94. The Kier molecular flexibility index (Phi) is 4.03. The largest absolute Gasteiger partial charge is 0.457 e. The maximum absolute atomic E-state index is 13.4. The van der Waals surface area contributed by atoms with Crippen molar-refractivity contribution in [2.24, 2.45) is 0 Å². The molecule has 0 radical (unpaired) electrons. The molecule has 96 valence electrons. The van der Waals surface area contributed by atoms with Crippen LogP contribution in [0.3, 0.4) is 0 Å². The van der Waals surface area contributed by atoms with E-state index in [1.807, 2.05) is 13.0 Å². The summed E-state index contributed by atoms with van der Waals surface area (Å²) in [5.74, 6) is 0.715. The SMILES string of the molecule is Cc1ccc(C#N)cc1Oc1cc(F)cc(CCl)c1. The molecule has 0 atom stereocenters. The normalized spacial score (nSPS) is 10.0. The number of hydrogen-bond donors (Lipinski definition) is 0. The zero-order valence-corrected chi connectivity index (χ0v) is 11.0. The summed E-state index contributed by atoms with van der Waals surface area (Å²) in [5.41, 5.74) is 2.01. The Hall–Kier alpha value is -2.05. The highest BCUT2D eigenvalue weighted by Gasteiger charge is 2.06. The van der Waals surface area contributed by atoms with Crippen LogP contribution in [0, 0.1) is 24.1 Å². The summed E-state index contributed by atoms with van der Waals surface area (Å²) in [6.45, 7) is 1.86. The highest BCUT2D eigenvalue weighted by molar-refractivity contribution is 6.17. The molecule has 0 saturated heterocycles. The molecule has 0 heterocycles. The first-order valence-electron chi connectivity index (χ1n) is 5.66. The molecule has 0 aliphatic carbocycles. The Labute approximate surface area is 116 Å². The van der Waals surface area contributed by atoms with E-state index in [0.29, 0.717) is 22.6 Å². The van der Waals surface area contributed by atoms with E-state index in [9.17, 15) is 4.39 Å². The zero-order chi connectivity index (χ0) is 13.8. The lowest BCUT2D eigenvalue weighted by molar-refractivity contribution is 0.472. The monoisotopic (exact) mass is 275 g/mol. The number of ether oxygens (including phenoxy) is 1. The minimum absolute atomic E-state index is 0.214. The van der Waals surface area contributed by atoms with Crippen LogP contribution in [-0.2, 0) is 5.88 Å². The van der Waals surface area contributed by atoms with Crippen molar-refractivity contribution in [3.63, 3.8) is 0 Å². The van der Waals surface area contributed by atoms with E-state index < -0.39 is 5.82 Å². The molecule has 0 aliphatic rings. The van der Waals surface area contributed by atoms with E-state index in [0.717, 1.165) is 5.56 Å². The third kappa shape index (κ3) is 3.24. The molecule has 19 heavy (non-hydrogen) atoms. The number of rotatable bonds is 3. The maximum atomic E-state index is 13.4. The van der Waals surface area contributed by atoms with Crippen LogP contribution < -0.4 is 4.74 Å². The highest BCUT2D eigenvalue weighted by Crippen LogP contribution is 2.27. The van der Waals surface area contributed by atoms with Crippen molar-refractivity contribution in [2.45, 2.75) is 12.8 Å². The third-order valence-electron chi connectivity index (χ3n) is 2.63. The van der Waals surface area contributed by atoms with Crippen LogP contribution in [0.2, 0.25) is 0 Å². The van der Waals surface area contributed by atoms with Gasteiger partial charge in [-0.05, 0) is 42.3 Å². The smallest absolute Gasteiger partial charge is 0.131 e. The Balaban J connectivity index is 2.36. The molecule has 2 rings (SSSR count). The van der Waals surface area contributed by atoms with Gasteiger partial charge in [-0.1, -0.05) is 6.07 Å². The molecule has 0 saturated carbocycles. The van der Waals surface area contributed by atoms with Gasteiger partial charge in [-0.25, -0.2) is 4.39 Å². The quantitative estimate of drug-likeness (QED) is 0.771. The van der Waals surface area contributed by atoms with Crippen LogP contribution >= 0.6 is 11.6 Å². The first-order chi connectivity index (χ1) is 9.12. The van der Waals surface area contributed by atoms with E-state index in [-0.39, 0.29) is 5.88 Å². The molecule has 0 unspecified atom stereocenters. The molecule has 4 heteroatoms. The molecule has 0 N–H and O–H groups in total. The van der Waals surface area contributed by atoms with Gasteiger partial charge in [-0.3, -0.25) is 0 Å². The van der Waals surface area contributed by atoms with Crippen LogP contribution in [0.5, 0.6) is 11.5 Å². The van der Waals surface area contributed by atoms with E-state index in [1.165, 1.54) is 12.1 Å². The van der Waals surface area contributed by atoms with Gasteiger partial charge in [0.25, 0.3) is 0 Å². The van der Waals surface area contributed by atoms with Gasteiger partial charge in [0.15, 0.2) is 0 Å². The summed E-state index contributed by atoms with van der Waals surface area (Å²) in [7, 11) is 0. The van der Waals surface area contributed by atoms with Gasteiger partial charge in [0.1, 0.15) is 17.3 Å². The number of alkyl halides is 1. The zero-order valence-electron chi connectivity index (χ0n) is 10.3. The average Bonchev–Trinajstić information content (AvgIpc) is 2.40. The lowest BCUT2D eigenvalue weighted by Crippen LogP contribution is -1.91. The molecule has 2 aromatic carbocycles. The average molecular weight is 276 g/mol. The number of nitriles is 1. The fourth-order valence-electron chi connectivity index (χ4n) is 1.66. The predicted octanol–water partition coefficient (Wildman–Crippen LogP) is 4.54. The van der Waals surface area contributed by atoms with Gasteiger partial charge in [0.05, 0.1) is 11.6 Å². The topological polar surface area (TPSA) is 33.0 Å². The van der Waals surface area contributed by atoms with Crippen molar-refractivity contribution in [3.8, 4) is 17.6 Å². The number of benzene rings is 2. The van der Waals surface area contributed by atoms with E-state index in [4.69, 9.17) is 21.6 Å².